The first-order valence-electron chi connectivity index (χ1n) is 8.83. The van der Waals surface area contributed by atoms with Gasteiger partial charge < -0.3 is 10.3 Å². The van der Waals surface area contributed by atoms with Gasteiger partial charge in [-0.3, -0.25) is 4.79 Å². The lowest BCUT2D eigenvalue weighted by molar-refractivity contribution is -0.105. The molecule has 0 fully saturated rings. The van der Waals surface area contributed by atoms with E-state index >= 15 is 0 Å². The molecule has 0 atom stereocenters. The average molecular weight is 368 g/mol. The van der Waals surface area contributed by atoms with Crippen molar-refractivity contribution in [2.45, 2.75) is 13.8 Å². The molecule has 1 amide bonds. The SMILES string of the molecule is Cc1ccc(C)cc1.N#Cc1ccc2nc(-c3ccc(NC=O)cc3)[nH]c2c1. The molecule has 0 bridgehead atoms. The highest BCUT2D eigenvalue weighted by atomic mass is 16.1. The van der Waals surface area contributed by atoms with Gasteiger partial charge in [0.2, 0.25) is 6.41 Å². The summed E-state index contributed by atoms with van der Waals surface area (Å²) < 4.78 is 0. The van der Waals surface area contributed by atoms with Gasteiger partial charge in [-0.1, -0.05) is 35.4 Å². The zero-order valence-corrected chi connectivity index (χ0v) is 15.7. The van der Waals surface area contributed by atoms with Gasteiger partial charge in [-0.05, 0) is 56.3 Å². The van der Waals surface area contributed by atoms with Crippen molar-refractivity contribution in [3.8, 4) is 17.5 Å². The maximum absolute atomic E-state index is 10.4. The predicted octanol–water partition coefficient (Wildman–Crippen LogP) is 4.97. The summed E-state index contributed by atoms with van der Waals surface area (Å²) >= 11 is 0. The number of aryl methyl sites for hydroxylation is 2. The van der Waals surface area contributed by atoms with E-state index in [4.69, 9.17) is 5.26 Å². The highest BCUT2D eigenvalue weighted by Crippen LogP contribution is 2.22. The molecule has 4 aromatic rings. The largest absolute Gasteiger partial charge is 0.338 e. The van der Waals surface area contributed by atoms with Crippen LogP contribution in [0.4, 0.5) is 5.69 Å². The van der Waals surface area contributed by atoms with Gasteiger partial charge >= 0.3 is 0 Å². The summed E-state index contributed by atoms with van der Waals surface area (Å²) in [6.07, 6.45) is 0.639. The summed E-state index contributed by atoms with van der Waals surface area (Å²) in [6.45, 7) is 4.19. The molecule has 0 aliphatic heterocycles. The van der Waals surface area contributed by atoms with Gasteiger partial charge in [-0.25, -0.2) is 4.98 Å². The van der Waals surface area contributed by atoms with E-state index in [1.54, 1.807) is 24.3 Å². The van der Waals surface area contributed by atoms with Gasteiger partial charge in [0.25, 0.3) is 0 Å². The average Bonchev–Trinajstić information content (AvgIpc) is 3.15. The first-order chi connectivity index (χ1) is 13.6. The molecule has 0 spiro atoms. The lowest BCUT2D eigenvalue weighted by Crippen LogP contribution is -1.92. The Morgan fingerprint density at radius 2 is 1.61 bits per heavy atom. The number of hydrogen-bond donors (Lipinski definition) is 2. The van der Waals surface area contributed by atoms with E-state index in [1.165, 1.54) is 11.1 Å². The monoisotopic (exact) mass is 368 g/mol. The number of aromatic amines is 1. The van der Waals surface area contributed by atoms with Crippen molar-refractivity contribution in [3.05, 3.63) is 83.4 Å². The lowest BCUT2D eigenvalue weighted by atomic mass is 10.2. The number of anilines is 1. The van der Waals surface area contributed by atoms with E-state index < -0.39 is 0 Å². The maximum Gasteiger partial charge on any atom is 0.211 e. The van der Waals surface area contributed by atoms with Crippen LogP contribution in [0.5, 0.6) is 0 Å². The number of rotatable bonds is 3. The molecule has 2 N–H and O–H groups in total. The van der Waals surface area contributed by atoms with Crippen LogP contribution < -0.4 is 5.32 Å². The molecule has 3 aromatic carbocycles. The van der Waals surface area contributed by atoms with Crippen LogP contribution in [0.15, 0.2) is 66.7 Å². The minimum Gasteiger partial charge on any atom is -0.338 e. The Morgan fingerprint density at radius 3 is 2.18 bits per heavy atom. The van der Waals surface area contributed by atoms with E-state index in [-0.39, 0.29) is 0 Å². The fourth-order valence-electron chi connectivity index (χ4n) is 2.65. The van der Waals surface area contributed by atoms with Gasteiger partial charge in [0, 0.05) is 11.3 Å². The number of aromatic nitrogens is 2. The van der Waals surface area contributed by atoms with Crippen LogP contribution in [0.1, 0.15) is 16.7 Å². The van der Waals surface area contributed by atoms with Crippen molar-refractivity contribution in [2.24, 2.45) is 0 Å². The summed E-state index contributed by atoms with van der Waals surface area (Å²) in [6, 6.07) is 23.3. The van der Waals surface area contributed by atoms with E-state index in [1.807, 2.05) is 18.2 Å². The molecule has 1 aromatic heterocycles. The fraction of sp³-hybridized carbons (Fsp3) is 0.0870. The van der Waals surface area contributed by atoms with Crippen LogP contribution in [0.25, 0.3) is 22.4 Å². The molecule has 5 heteroatoms. The molecule has 0 radical (unpaired) electrons. The quantitative estimate of drug-likeness (QED) is 0.501. The number of fused-ring (bicyclic) bond motifs is 1. The second-order valence-corrected chi connectivity index (χ2v) is 6.42. The van der Waals surface area contributed by atoms with Gasteiger partial charge in [0.15, 0.2) is 0 Å². The Labute approximate surface area is 163 Å². The number of H-pyrrole nitrogens is 1. The van der Waals surface area contributed by atoms with Gasteiger partial charge in [0.05, 0.1) is 22.7 Å². The fourth-order valence-corrected chi connectivity index (χ4v) is 2.65. The molecule has 5 nitrogen and oxygen atoms in total. The molecule has 138 valence electrons. The Balaban J connectivity index is 0.000000236. The minimum absolute atomic E-state index is 0.596. The summed E-state index contributed by atoms with van der Waals surface area (Å²) in [4.78, 5) is 18.0. The maximum atomic E-state index is 10.4. The van der Waals surface area contributed by atoms with Crippen LogP contribution in [-0.4, -0.2) is 16.4 Å². The van der Waals surface area contributed by atoms with E-state index in [0.29, 0.717) is 12.0 Å². The zero-order chi connectivity index (χ0) is 19.9. The Bertz CT molecular complexity index is 1100. The van der Waals surface area contributed by atoms with Crippen LogP contribution in [0.2, 0.25) is 0 Å². The van der Waals surface area contributed by atoms with Gasteiger partial charge in [-0.2, -0.15) is 5.26 Å². The van der Waals surface area contributed by atoms with Crippen molar-refractivity contribution in [2.75, 3.05) is 5.32 Å². The molecule has 0 saturated carbocycles. The van der Waals surface area contributed by atoms with Crippen molar-refractivity contribution in [1.82, 2.24) is 9.97 Å². The standard InChI is InChI=1S/C15H10N4O.C8H10/c16-8-10-1-6-13-14(7-10)19-15(18-13)11-2-4-12(5-3-11)17-9-20;1-7-3-5-8(2)6-4-7/h1-7,9H,(H,17,20)(H,18,19);3-6H,1-2H3. The summed E-state index contributed by atoms with van der Waals surface area (Å²) in [7, 11) is 0. The first-order valence-corrected chi connectivity index (χ1v) is 8.83. The van der Waals surface area contributed by atoms with Crippen molar-refractivity contribution < 1.29 is 4.79 Å². The van der Waals surface area contributed by atoms with Crippen LogP contribution in [0, 0.1) is 25.2 Å². The lowest BCUT2D eigenvalue weighted by Gasteiger charge is -1.99. The van der Waals surface area contributed by atoms with E-state index in [0.717, 1.165) is 28.1 Å². The van der Waals surface area contributed by atoms with E-state index in [2.05, 4.69) is 59.5 Å². The number of imidazole rings is 1. The highest BCUT2D eigenvalue weighted by Gasteiger charge is 2.06. The Hall–Kier alpha value is -3.91. The third-order valence-electron chi connectivity index (χ3n) is 4.21. The summed E-state index contributed by atoms with van der Waals surface area (Å²) in [5.41, 5.74) is 6.54. The number of carbonyl (C=O) groups excluding carboxylic acids is 1. The highest BCUT2D eigenvalue weighted by molar-refractivity contribution is 5.81. The number of hydrogen-bond acceptors (Lipinski definition) is 3. The molecule has 28 heavy (non-hydrogen) atoms. The molecular formula is C23H20N4O. The van der Waals surface area contributed by atoms with Gasteiger partial charge in [-0.15, -0.1) is 0 Å². The number of nitrogens with zero attached hydrogens (tertiary/aromatic N) is 2. The molecular weight excluding hydrogens is 348 g/mol. The van der Waals surface area contributed by atoms with Crippen LogP contribution in [0.3, 0.4) is 0 Å². The molecule has 0 unspecified atom stereocenters. The molecule has 4 rings (SSSR count). The third kappa shape index (κ3) is 4.63. The second kappa shape index (κ2) is 8.65. The summed E-state index contributed by atoms with van der Waals surface area (Å²) in [5.74, 6) is 0.729. The predicted molar refractivity (Wildman–Crippen MR) is 112 cm³/mol. The molecule has 1 heterocycles. The Kier molecular flexibility index (Phi) is 5.83. The van der Waals surface area contributed by atoms with Crippen molar-refractivity contribution in [3.63, 3.8) is 0 Å². The molecule has 0 aliphatic rings. The smallest absolute Gasteiger partial charge is 0.211 e. The molecule has 0 saturated heterocycles. The minimum atomic E-state index is 0.596. The van der Waals surface area contributed by atoms with Crippen LogP contribution in [-0.2, 0) is 4.79 Å². The second-order valence-electron chi connectivity index (χ2n) is 6.42. The van der Waals surface area contributed by atoms with E-state index in [9.17, 15) is 4.79 Å². The number of benzene rings is 3. The summed E-state index contributed by atoms with van der Waals surface area (Å²) in [5, 5.41) is 11.5. The number of nitrogens with one attached hydrogen (secondary N) is 2. The van der Waals surface area contributed by atoms with Crippen molar-refractivity contribution in [1.29, 1.82) is 5.26 Å². The number of nitriles is 1. The third-order valence-corrected chi connectivity index (χ3v) is 4.21. The van der Waals surface area contributed by atoms with Crippen molar-refractivity contribution >= 4 is 23.1 Å². The topological polar surface area (TPSA) is 81.6 Å². The number of amides is 1. The normalized spacial score (nSPS) is 9.89. The molecule has 0 aliphatic carbocycles. The van der Waals surface area contributed by atoms with Crippen LogP contribution >= 0.6 is 0 Å². The number of carbonyl (C=O) groups is 1. The first kappa shape index (κ1) is 18.9. The zero-order valence-electron chi connectivity index (χ0n) is 15.7. The van der Waals surface area contributed by atoms with Gasteiger partial charge in [0.1, 0.15) is 5.82 Å². The Morgan fingerprint density at radius 1 is 0.964 bits per heavy atom.